The molecule has 4 rings (SSSR count). The number of nitrogens with one attached hydrogen (secondary N) is 1. The fraction of sp³-hybridized carbons (Fsp3) is 0.333. The number of amides is 1. The number of carbonyl (C=O) groups is 1. The van der Waals surface area contributed by atoms with Crippen LogP contribution in [0.15, 0.2) is 47.5 Å². The summed E-state index contributed by atoms with van der Waals surface area (Å²) in [5, 5.41) is 0. The molecular formula is C18H19N3O3S. The van der Waals surface area contributed by atoms with Crippen LogP contribution in [0.1, 0.15) is 24.1 Å². The Kier molecular flexibility index (Phi) is 4.05. The maximum absolute atomic E-state index is 12.5. The summed E-state index contributed by atoms with van der Waals surface area (Å²) in [6.07, 6.45) is 4.25. The van der Waals surface area contributed by atoms with Crippen molar-refractivity contribution in [2.75, 3.05) is 11.4 Å². The van der Waals surface area contributed by atoms with Crippen molar-refractivity contribution in [3.8, 4) is 0 Å². The predicted molar refractivity (Wildman–Crippen MR) is 93.5 cm³/mol. The zero-order chi connectivity index (χ0) is 17.4. The summed E-state index contributed by atoms with van der Waals surface area (Å²) in [7, 11) is -3.62. The van der Waals surface area contributed by atoms with Crippen LogP contribution in [-0.2, 0) is 27.8 Å². The first-order chi connectivity index (χ1) is 12.0. The summed E-state index contributed by atoms with van der Waals surface area (Å²) in [5.41, 5.74) is 2.42. The first kappa shape index (κ1) is 16.2. The van der Waals surface area contributed by atoms with Crippen LogP contribution in [0.5, 0.6) is 0 Å². The summed E-state index contributed by atoms with van der Waals surface area (Å²) in [5.74, 6) is 0.331. The quantitative estimate of drug-likeness (QED) is 0.886. The van der Waals surface area contributed by atoms with E-state index in [-0.39, 0.29) is 23.3 Å². The van der Waals surface area contributed by atoms with Crippen molar-refractivity contribution < 1.29 is 13.2 Å². The highest BCUT2D eigenvalue weighted by molar-refractivity contribution is 7.89. The van der Waals surface area contributed by atoms with Gasteiger partial charge in [0.1, 0.15) is 0 Å². The third-order valence-corrected chi connectivity index (χ3v) is 6.02. The fourth-order valence-corrected chi connectivity index (χ4v) is 4.13. The number of sulfonamides is 1. The number of rotatable bonds is 5. The topological polar surface area (TPSA) is 79.4 Å². The van der Waals surface area contributed by atoms with Gasteiger partial charge in [-0.05, 0) is 55.2 Å². The Morgan fingerprint density at radius 3 is 2.80 bits per heavy atom. The van der Waals surface area contributed by atoms with Gasteiger partial charge in [-0.25, -0.2) is 13.1 Å². The molecule has 0 radical (unpaired) electrons. The molecule has 1 N–H and O–H groups in total. The van der Waals surface area contributed by atoms with Gasteiger partial charge in [0.05, 0.1) is 17.1 Å². The number of pyridine rings is 1. The van der Waals surface area contributed by atoms with Crippen LogP contribution in [0.2, 0.25) is 0 Å². The molecule has 0 spiro atoms. The zero-order valence-electron chi connectivity index (χ0n) is 13.7. The summed E-state index contributed by atoms with van der Waals surface area (Å²) in [4.78, 5) is 18.4. The molecule has 2 aromatic rings. The first-order valence-corrected chi connectivity index (χ1v) is 9.87. The van der Waals surface area contributed by atoms with Gasteiger partial charge in [-0.3, -0.25) is 9.78 Å². The molecule has 1 aliphatic heterocycles. The Balaban J connectivity index is 1.52. The number of anilines is 1. The maximum Gasteiger partial charge on any atom is 0.240 e. The Morgan fingerprint density at radius 2 is 2.08 bits per heavy atom. The average Bonchev–Trinajstić information content (AvgIpc) is 3.39. The largest absolute Gasteiger partial charge is 0.312 e. The molecule has 0 unspecified atom stereocenters. The van der Waals surface area contributed by atoms with E-state index in [0.717, 1.165) is 24.1 Å². The van der Waals surface area contributed by atoms with E-state index in [1.54, 1.807) is 41.4 Å². The highest BCUT2D eigenvalue weighted by atomic mass is 32.2. The van der Waals surface area contributed by atoms with E-state index in [9.17, 15) is 13.2 Å². The number of aromatic nitrogens is 1. The van der Waals surface area contributed by atoms with Crippen molar-refractivity contribution in [2.45, 2.75) is 30.7 Å². The van der Waals surface area contributed by atoms with Crippen LogP contribution in [-0.4, -0.2) is 25.9 Å². The molecule has 0 atom stereocenters. The molecule has 1 fully saturated rings. The van der Waals surface area contributed by atoms with Crippen molar-refractivity contribution in [1.82, 2.24) is 9.71 Å². The van der Waals surface area contributed by atoms with Gasteiger partial charge in [-0.1, -0.05) is 6.07 Å². The SMILES string of the molecule is O=C(C1CC1)N1CCc2cc(S(=O)(=O)NCc3ccccn3)ccc21. The molecule has 7 heteroatoms. The van der Waals surface area contributed by atoms with E-state index in [1.807, 2.05) is 6.07 Å². The molecule has 1 amide bonds. The van der Waals surface area contributed by atoms with Gasteiger partial charge >= 0.3 is 0 Å². The molecule has 2 heterocycles. The molecular weight excluding hydrogens is 338 g/mol. The van der Waals surface area contributed by atoms with Crippen molar-refractivity contribution in [2.24, 2.45) is 5.92 Å². The minimum atomic E-state index is -3.62. The summed E-state index contributed by atoms with van der Waals surface area (Å²) in [6, 6.07) is 10.4. The normalized spacial score (nSPS) is 16.7. The highest BCUT2D eigenvalue weighted by Crippen LogP contribution is 2.37. The lowest BCUT2D eigenvalue weighted by Gasteiger charge is -2.17. The molecule has 0 saturated heterocycles. The van der Waals surface area contributed by atoms with E-state index in [4.69, 9.17) is 0 Å². The molecule has 1 aliphatic carbocycles. The van der Waals surface area contributed by atoms with Crippen LogP contribution < -0.4 is 9.62 Å². The first-order valence-electron chi connectivity index (χ1n) is 8.38. The van der Waals surface area contributed by atoms with Crippen LogP contribution in [0.25, 0.3) is 0 Å². The monoisotopic (exact) mass is 357 g/mol. The van der Waals surface area contributed by atoms with Gasteiger partial charge in [-0.15, -0.1) is 0 Å². The Labute approximate surface area is 146 Å². The molecule has 2 aliphatic rings. The number of hydrogen-bond acceptors (Lipinski definition) is 4. The van der Waals surface area contributed by atoms with Gasteiger partial charge in [0, 0.05) is 24.3 Å². The Hall–Kier alpha value is -2.25. The summed E-state index contributed by atoms with van der Waals surface area (Å²) in [6.45, 7) is 0.780. The summed E-state index contributed by atoms with van der Waals surface area (Å²) >= 11 is 0. The van der Waals surface area contributed by atoms with Crippen LogP contribution >= 0.6 is 0 Å². The smallest absolute Gasteiger partial charge is 0.240 e. The van der Waals surface area contributed by atoms with E-state index in [1.165, 1.54) is 0 Å². The number of nitrogens with zero attached hydrogens (tertiary/aromatic N) is 2. The predicted octanol–water partition coefficient (Wildman–Crippen LogP) is 1.86. The lowest BCUT2D eigenvalue weighted by Crippen LogP contribution is -2.30. The number of fused-ring (bicyclic) bond motifs is 1. The lowest BCUT2D eigenvalue weighted by molar-refractivity contribution is -0.119. The van der Waals surface area contributed by atoms with Crippen molar-refractivity contribution in [3.05, 3.63) is 53.9 Å². The maximum atomic E-state index is 12.5. The second kappa shape index (κ2) is 6.24. The van der Waals surface area contributed by atoms with E-state index < -0.39 is 10.0 Å². The fourth-order valence-electron chi connectivity index (χ4n) is 3.08. The zero-order valence-corrected chi connectivity index (χ0v) is 14.5. The molecule has 6 nitrogen and oxygen atoms in total. The van der Waals surface area contributed by atoms with Gasteiger partial charge in [0.15, 0.2) is 0 Å². The average molecular weight is 357 g/mol. The standard InChI is InChI=1S/C18H19N3O3S/c22-18(13-4-5-13)21-10-8-14-11-16(6-7-17(14)21)25(23,24)20-12-15-3-1-2-9-19-15/h1-3,6-7,9,11,13,20H,4-5,8,10,12H2. The second-order valence-electron chi connectivity index (χ2n) is 6.45. The van der Waals surface area contributed by atoms with Gasteiger partial charge in [-0.2, -0.15) is 0 Å². The number of benzene rings is 1. The second-order valence-corrected chi connectivity index (χ2v) is 8.22. The minimum Gasteiger partial charge on any atom is -0.312 e. The third kappa shape index (κ3) is 3.29. The summed E-state index contributed by atoms with van der Waals surface area (Å²) < 4.78 is 27.6. The third-order valence-electron chi connectivity index (χ3n) is 4.62. The Morgan fingerprint density at radius 1 is 1.24 bits per heavy atom. The van der Waals surface area contributed by atoms with Gasteiger partial charge in [0.2, 0.25) is 15.9 Å². The Bertz CT molecular complexity index is 908. The lowest BCUT2D eigenvalue weighted by atomic mass is 10.2. The molecule has 0 bridgehead atoms. The molecule has 130 valence electrons. The van der Waals surface area contributed by atoms with Crippen molar-refractivity contribution >= 4 is 21.6 Å². The van der Waals surface area contributed by atoms with Crippen LogP contribution in [0.4, 0.5) is 5.69 Å². The molecule has 1 saturated carbocycles. The van der Waals surface area contributed by atoms with Crippen LogP contribution in [0, 0.1) is 5.92 Å². The van der Waals surface area contributed by atoms with Crippen LogP contribution in [0.3, 0.4) is 0 Å². The van der Waals surface area contributed by atoms with Crippen molar-refractivity contribution in [3.63, 3.8) is 0 Å². The molecule has 1 aromatic carbocycles. The number of carbonyl (C=O) groups excluding carboxylic acids is 1. The highest BCUT2D eigenvalue weighted by Gasteiger charge is 2.36. The number of hydrogen-bond donors (Lipinski definition) is 1. The van der Waals surface area contributed by atoms with E-state index >= 15 is 0 Å². The molecule has 25 heavy (non-hydrogen) atoms. The minimum absolute atomic E-state index is 0.145. The van der Waals surface area contributed by atoms with Crippen molar-refractivity contribution in [1.29, 1.82) is 0 Å². The molecule has 1 aromatic heterocycles. The van der Waals surface area contributed by atoms with E-state index in [0.29, 0.717) is 18.7 Å². The van der Waals surface area contributed by atoms with Gasteiger partial charge in [0.25, 0.3) is 0 Å². The van der Waals surface area contributed by atoms with E-state index in [2.05, 4.69) is 9.71 Å². The van der Waals surface area contributed by atoms with Gasteiger partial charge < -0.3 is 4.90 Å².